The van der Waals surface area contributed by atoms with Gasteiger partial charge in [0.15, 0.2) is 5.65 Å². The highest BCUT2D eigenvalue weighted by Crippen LogP contribution is 2.30. The lowest BCUT2D eigenvalue weighted by Crippen LogP contribution is -2.30. The van der Waals surface area contributed by atoms with E-state index in [-0.39, 0.29) is 0 Å². The number of aromatic nitrogens is 6. The molecule has 0 unspecified atom stereocenters. The van der Waals surface area contributed by atoms with Gasteiger partial charge >= 0.3 is 0 Å². The summed E-state index contributed by atoms with van der Waals surface area (Å²) in [5.74, 6) is 0.881. The van der Waals surface area contributed by atoms with Crippen LogP contribution < -0.4 is 0 Å². The molecule has 1 fully saturated rings. The third kappa shape index (κ3) is 2.66. The smallest absolute Gasteiger partial charge is 0.161 e. The summed E-state index contributed by atoms with van der Waals surface area (Å²) in [6, 6.07) is 17.5. The van der Waals surface area contributed by atoms with Crippen LogP contribution in [0.5, 0.6) is 0 Å². The Hall–Kier alpha value is -3.45. The molecule has 0 aliphatic carbocycles. The van der Waals surface area contributed by atoms with Crippen molar-refractivity contribution in [2.75, 3.05) is 13.2 Å². The van der Waals surface area contributed by atoms with Crippen molar-refractivity contribution in [2.24, 2.45) is 0 Å². The van der Waals surface area contributed by atoms with E-state index in [1.807, 2.05) is 17.7 Å². The maximum atomic E-state index is 5.34. The van der Waals surface area contributed by atoms with Crippen LogP contribution in [0, 0.1) is 13.8 Å². The summed E-state index contributed by atoms with van der Waals surface area (Å²) in [5, 5.41) is 13.4. The van der Waals surface area contributed by atoms with E-state index in [1.165, 1.54) is 11.1 Å². The zero-order valence-electron chi connectivity index (χ0n) is 17.0. The van der Waals surface area contributed by atoms with Gasteiger partial charge in [-0.25, -0.2) is 0 Å². The van der Waals surface area contributed by atoms with Gasteiger partial charge < -0.3 is 9.30 Å². The lowest BCUT2D eigenvalue weighted by Gasteiger charge is -2.25. The first-order chi connectivity index (χ1) is 14.7. The highest BCUT2D eigenvalue weighted by Gasteiger charge is 2.23. The maximum absolute atomic E-state index is 5.34. The van der Waals surface area contributed by atoms with Gasteiger partial charge in [0.2, 0.25) is 0 Å². The molecule has 0 spiro atoms. The monoisotopic (exact) mass is 398 g/mol. The molecule has 5 aromatic rings. The Morgan fingerprint density at radius 2 is 1.90 bits per heavy atom. The number of aryl methyl sites for hydroxylation is 2. The second kappa shape index (κ2) is 6.53. The minimum absolute atomic E-state index is 0.333. The Morgan fingerprint density at radius 1 is 1.00 bits per heavy atom. The minimum Gasteiger partial charge on any atom is -0.377 e. The molecule has 5 heterocycles. The van der Waals surface area contributed by atoms with E-state index in [2.05, 4.69) is 74.8 Å². The number of pyridine rings is 1. The van der Waals surface area contributed by atoms with Gasteiger partial charge in [0.1, 0.15) is 11.5 Å². The number of benzene rings is 1. The lowest BCUT2D eigenvalue weighted by molar-refractivity contribution is -0.0285. The molecule has 1 aliphatic heterocycles. The molecule has 7 heteroatoms. The van der Waals surface area contributed by atoms with Gasteiger partial charge in [-0.05, 0) is 43.7 Å². The van der Waals surface area contributed by atoms with Gasteiger partial charge in [0, 0.05) is 12.7 Å². The number of rotatable bonds is 4. The molecule has 30 heavy (non-hydrogen) atoms. The second-order valence-corrected chi connectivity index (χ2v) is 8.02. The molecule has 0 radical (unpaired) electrons. The van der Waals surface area contributed by atoms with Gasteiger partial charge in [-0.3, -0.25) is 9.08 Å². The summed E-state index contributed by atoms with van der Waals surface area (Å²) in [7, 11) is 0. The molecule has 0 bridgehead atoms. The van der Waals surface area contributed by atoms with Crippen LogP contribution in [0.4, 0.5) is 0 Å². The molecule has 0 N–H and O–H groups in total. The van der Waals surface area contributed by atoms with Gasteiger partial charge in [-0.2, -0.15) is 5.10 Å². The summed E-state index contributed by atoms with van der Waals surface area (Å²) >= 11 is 0. The SMILES string of the molecule is Cc1cccc(Cn2c(-c3ccn(C4COC4)n3)cc3c2ccc2nnc(C)n23)c1. The van der Waals surface area contributed by atoms with Gasteiger partial charge in [-0.15, -0.1) is 10.2 Å². The Labute approximate surface area is 173 Å². The minimum atomic E-state index is 0.333. The fourth-order valence-corrected chi connectivity index (χ4v) is 4.27. The average molecular weight is 398 g/mol. The van der Waals surface area contributed by atoms with Crippen LogP contribution in [0.2, 0.25) is 0 Å². The molecule has 1 aromatic carbocycles. The Bertz CT molecular complexity index is 1390. The Morgan fingerprint density at radius 3 is 2.70 bits per heavy atom. The number of fused-ring (bicyclic) bond motifs is 3. The number of ether oxygens (including phenoxy) is 1. The molecule has 7 nitrogen and oxygen atoms in total. The summed E-state index contributed by atoms with van der Waals surface area (Å²) in [4.78, 5) is 0. The number of nitrogens with zero attached hydrogens (tertiary/aromatic N) is 6. The molecular weight excluding hydrogens is 376 g/mol. The van der Waals surface area contributed by atoms with Crippen LogP contribution >= 0.6 is 0 Å². The first kappa shape index (κ1) is 17.4. The molecular formula is C23H22N6O. The van der Waals surface area contributed by atoms with Crippen LogP contribution in [0.15, 0.2) is 54.7 Å². The van der Waals surface area contributed by atoms with Crippen molar-refractivity contribution in [1.29, 1.82) is 0 Å². The third-order valence-electron chi connectivity index (χ3n) is 5.89. The molecule has 4 aromatic heterocycles. The van der Waals surface area contributed by atoms with Gasteiger partial charge in [0.25, 0.3) is 0 Å². The van der Waals surface area contributed by atoms with Crippen LogP contribution in [0.1, 0.15) is 23.0 Å². The van der Waals surface area contributed by atoms with E-state index in [0.717, 1.165) is 53.7 Å². The van der Waals surface area contributed by atoms with Crippen LogP contribution in [-0.2, 0) is 11.3 Å². The number of hydrogen-bond donors (Lipinski definition) is 0. The zero-order chi connectivity index (χ0) is 20.2. The fourth-order valence-electron chi connectivity index (χ4n) is 4.27. The summed E-state index contributed by atoms with van der Waals surface area (Å²) < 4.78 is 11.8. The largest absolute Gasteiger partial charge is 0.377 e. The van der Waals surface area contributed by atoms with E-state index in [0.29, 0.717) is 6.04 Å². The first-order valence-electron chi connectivity index (χ1n) is 10.2. The van der Waals surface area contributed by atoms with E-state index in [4.69, 9.17) is 9.84 Å². The van der Waals surface area contributed by atoms with Gasteiger partial charge in [-0.1, -0.05) is 29.8 Å². The molecule has 150 valence electrons. The molecule has 6 rings (SSSR count). The van der Waals surface area contributed by atoms with E-state index < -0.39 is 0 Å². The molecule has 0 amide bonds. The van der Waals surface area contributed by atoms with Crippen molar-refractivity contribution in [3.63, 3.8) is 0 Å². The predicted octanol–water partition coefficient (Wildman–Crippen LogP) is 3.78. The van der Waals surface area contributed by atoms with Crippen molar-refractivity contribution >= 4 is 16.7 Å². The Kier molecular flexibility index (Phi) is 3.79. The van der Waals surface area contributed by atoms with Crippen molar-refractivity contribution in [2.45, 2.75) is 26.4 Å². The van der Waals surface area contributed by atoms with E-state index in [9.17, 15) is 0 Å². The molecule has 0 atom stereocenters. The average Bonchev–Trinajstić information content (AvgIpc) is 3.39. The van der Waals surface area contributed by atoms with E-state index in [1.54, 1.807) is 0 Å². The van der Waals surface area contributed by atoms with Crippen molar-refractivity contribution in [3.8, 4) is 11.4 Å². The Balaban J connectivity index is 1.56. The van der Waals surface area contributed by atoms with Crippen molar-refractivity contribution < 1.29 is 4.74 Å². The normalized spacial score (nSPS) is 14.6. The van der Waals surface area contributed by atoms with E-state index >= 15 is 0 Å². The quantitative estimate of drug-likeness (QED) is 0.462. The standard InChI is InChI=1S/C23H22N6O/c1-15-4-3-5-17(10-15)12-27-20-6-7-23-25-24-16(2)29(23)22(20)11-21(27)19-8-9-28(26-19)18-13-30-14-18/h3-11,18H,12-14H2,1-2H3. The highest BCUT2D eigenvalue weighted by atomic mass is 16.5. The number of hydrogen-bond acceptors (Lipinski definition) is 4. The van der Waals surface area contributed by atoms with Crippen LogP contribution in [0.25, 0.3) is 28.1 Å². The lowest BCUT2D eigenvalue weighted by atomic mass is 10.1. The van der Waals surface area contributed by atoms with Crippen LogP contribution in [0.3, 0.4) is 0 Å². The molecule has 1 aliphatic rings. The maximum Gasteiger partial charge on any atom is 0.161 e. The second-order valence-electron chi connectivity index (χ2n) is 8.02. The predicted molar refractivity (Wildman–Crippen MR) is 115 cm³/mol. The zero-order valence-corrected chi connectivity index (χ0v) is 17.0. The third-order valence-corrected chi connectivity index (χ3v) is 5.89. The molecule has 1 saturated heterocycles. The first-order valence-corrected chi connectivity index (χ1v) is 10.2. The van der Waals surface area contributed by atoms with Crippen LogP contribution in [-0.4, -0.2) is 42.2 Å². The fraction of sp³-hybridized carbons (Fsp3) is 0.261. The highest BCUT2D eigenvalue weighted by molar-refractivity contribution is 5.86. The topological polar surface area (TPSA) is 62.2 Å². The van der Waals surface area contributed by atoms with Gasteiger partial charge in [0.05, 0.1) is 36.0 Å². The molecule has 0 saturated carbocycles. The van der Waals surface area contributed by atoms with Crippen molar-refractivity contribution in [3.05, 3.63) is 71.7 Å². The summed E-state index contributed by atoms with van der Waals surface area (Å²) in [6.07, 6.45) is 2.05. The summed E-state index contributed by atoms with van der Waals surface area (Å²) in [6.45, 7) is 6.35. The van der Waals surface area contributed by atoms with Crippen molar-refractivity contribution in [1.82, 2.24) is 28.9 Å². The summed E-state index contributed by atoms with van der Waals surface area (Å²) in [5.41, 5.74) is 7.67.